The van der Waals surface area contributed by atoms with Crippen LogP contribution in [0.5, 0.6) is 0 Å². The highest BCUT2D eigenvalue weighted by Crippen LogP contribution is 2.38. The third-order valence-corrected chi connectivity index (χ3v) is 5.02. The van der Waals surface area contributed by atoms with Crippen molar-refractivity contribution < 1.29 is 0 Å². The van der Waals surface area contributed by atoms with Gasteiger partial charge in [-0.2, -0.15) is 0 Å². The third-order valence-electron chi connectivity index (χ3n) is 2.29. The van der Waals surface area contributed by atoms with Crippen molar-refractivity contribution in [2.45, 2.75) is 5.92 Å². The van der Waals surface area contributed by atoms with Crippen molar-refractivity contribution in [2.75, 3.05) is 0 Å². The Labute approximate surface area is 90.8 Å². The molecule has 0 nitrogen and oxygen atoms in total. The lowest BCUT2D eigenvalue weighted by molar-refractivity contribution is 1.18. The van der Waals surface area contributed by atoms with Gasteiger partial charge in [0.15, 0.2) is 9.40 Å². The molecule has 0 aliphatic heterocycles. The van der Waals surface area contributed by atoms with Crippen LogP contribution in [0.4, 0.5) is 0 Å². The van der Waals surface area contributed by atoms with Gasteiger partial charge in [-0.1, -0.05) is 36.4 Å². The van der Waals surface area contributed by atoms with E-state index in [1.54, 1.807) is 0 Å². The fourth-order valence-corrected chi connectivity index (χ4v) is 4.19. The lowest BCUT2D eigenvalue weighted by atomic mass is 10.2. The first-order valence-corrected chi connectivity index (χ1v) is 6.23. The summed E-state index contributed by atoms with van der Waals surface area (Å²) in [4.78, 5) is 0. The third kappa shape index (κ3) is 1.31. The zero-order chi connectivity index (χ0) is 9.38. The molecular formula is C12H9S2+. The number of hydrogen-bond acceptors (Lipinski definition) is 1. The molecule has 0 N–H and O–H groups in total. The molecule has 1 aliphatic carbocycles. The zero-order valence-corrected chi connectivity index (χ0v) is 9.15. The molecule has 0 amide bonds. The van der Waals surface area contributed by atoms with Gasteiger partial charge in [-0.05, 0) is 12.1 Å². The highest BCUT2D eigenvalue weighted by molar-refractivity contribution is 7.39. The Morgan fingerprint density at radius 2 is 1.86 bits per heavy atom. The Balaban J connectivity index is 2.14. The second-order valence-corrected chi connectivity index (χ2v) is 5.69. The van der Waals surface area contributed by atoms with E-state index in [0.29, 0.717) is 5.92 Å². The van der Waals surface area contributed by atoms with Gasteiger partial charge >= 0.3 is 0 Å². The van der Waals surface area contributed by atoms with Gasteiger partial charge in [0.1, 0.15) is 0 Å². The molecular weight excluding hydrogens is 208 g/mol. The first-order chi connectivity index (χ1) is 6.93. The highest BCUT2D eigenvalue weighted by atomic mass is 32.2. The molecule has 0 atom stereocenters. The number of benzene rings is 1. The first-order valence-electron chi connectivity index (χ1n) is 4.60. The molecule has 1 heterocycles. The fourth-order valence-electron chi connectivity index (χ4n) is 1.58. The molecule has 0 unspecified atom stereocenters. The van der Waals surface area contributed by atoms with E-state index < -0.39 is 0 Å². The Morgan fingerprint density at radius 1 is 1.07 bits per heavy atom. The van der Waals surface area contributed by atoms with Crippen LogP contribution in [0.1, 0.15) is 10.1 Å². The molecule has 0 spiro atoms. The summed E-state index contributed by atoms with van der Waals surface area (Å²) in [6.07, 6.45) is 8.76. The Morgan fingerprint density at radius 3 is 2.64 bits per heavy atom. The molecule has 0 fully saturated rings. The SMILES string of the molecule is C1=CC(c2sc3ccccc3[s+]2)C=C1. The summed E-state index contributed by atoms with van der Waals surface area (Å²) < 4.78 is 4.29. The monoisotopic (exact) mass is 217 g/mol. The summed E-state index contributed by atoms with van der Waals surface area (Å²) in [7, 11) is 0. The second-order valence-electron chi connectivity index (χ2n) is 3.27. The first kappa shape index (κ1) is 8.33. The molecule has 0 saturated carbocycles. The molecule has 0 saturated heterocycles. The smallest absolute Gasteiger partial charge is 0.0676 e. The molecule has 68 valence electrons. The number of fused-ring (bicyclic) bond motifs is 1. The van der Waals surface area contributed by atoms with Crippen LogP contribution in [0.15, 0.2) is 48.6 Å². The van der Waals surface area contributed by atoms with E-state index in [2.05, 4.69) is 48.6 Å². The number of allylic oxidation sites excluding steroid dienone is 4. The van der Waals surface area contributed by atoms with Gasteiger partial charge in [-0.3, -0.25) is 0 Å². The van der Waals surface area contributed by atoms with E-state index in [0.717, 1.165) is 0 Å². The summed E-state index contributed by atoms with van der Waals surface area (Å²) in [5.74, 6) is 0.525. The van der Waals surface area contributed by atoms with E-state index >= 15 is 0 Å². The van der Waals surface area contributed by atoms with Crippen molar-refractivity contribution in [3.8, 4) is 0 Å². The predicted octanol–water partition coefficient (Wildman–Crippen LogP) is 4.45. The van der Waals surface area contributed by atoms with Crippen molar-refractivity contribution in [3.05, 3.63) is 52.8 Å². The maximum Gasteiger partial charge on any atom is 0.266 e. The van der Waals surface area contributed by atoms with Crippen molar-refractivity contribution in [2.24, 2.45) is 0 Å². The van der Waals surface area contributed by atoms with Crippen molar-refractivity contribution in [1.29, 1.82) is 0 Å². The lowest BCUT2D eigenvalue weighted by Gasteiger charge is -1.88. The van der Waals surface area contributed by atoms with E-state index in [1.165, 1.54) is 13.6 Å². The summed E-state index contributed by atoms with van der Waals surface area (Å²) >= 11 is 3.82. The molecule has 0 bridgehead atoms. The normalized spacial score (nSPS) is 15.7. The molecule has 2 aromatic rings. The number of hydrogen-bond donors (Lipinski definition) is 0. The second kappa shape index (κ2) is 3.30. The standard InChI is InChI=1S/C12H9S2/c1-2-6-9(5-1)12-13-10-7-3-4-8-11(10)14-12/h1-9H/q+1. The minimum absolute atomic E-state index is 0.525. The Hall–Kier alpha value is -0.990. The Bertz CT molecular complexity index is 475. The maximum absolute atomic E-state index is 2.25. The summed E-state index contributed by atoms with van der Waals surface area (Å²) in [6.45, 7) is 0. The van der Waals surface area contributed by atoms with Crippen LogP contribution in [-0.4, -0.2) is 0 Å². The lowest BCUT2D eigenvalue weighted by Crippen LogP contribution is -1.78. The largest absolute Gasteiger partial charge is 0.266 e. The molecule has 0 radical (unpaired) electrons. The summed E-state index contributed by atoms with van der Waals surface area (Å²) in [5, 5.41) is 0. The summed E-state index contributed by atoms with van der Waals surface area (Å²) in [6, 6.07) is 8.61. The van der Waals surface area contributed by atoms with Crippen LogP contribution in [0.2, 0.25) is 0 Å². The topological polar surface area (TPSA) is 0 Å². The van der Waals surface area contributed by atoms with Gasteiger partial charge < -0.3 is 0 Å². The molecule has 1 aromatic carbocycles. The maximum atomic E-state index is 2.25. The van der Waals surface area contributed by atoms with Crippen LogP contribution >= 0.6 is 22.7 Å². The van der Waals surface area contributed by atoms with E-state index in [9.17, 15) is 0 Å². The average Bonchev–Trinajstić information content (AvgIpc) is 2.86. The molecule has 14 heavy (non-hydrogen) atoms. The van der Waals surface area contributed by atoms with Crippen molar-refractivity contribution >= 4 is 32.1 Å². The summed E-state index contributed by atoms with van der Waals surface area (Å²) in [5.41, 5.74) is 0. The predicted molar refractivity (Wildman–Crippen MR) is 65.1 cm³/mol. The van der Waals surface area contributed by atoms with E-state index in [4.69, 9.17) is 0 Å². The van der Waals surface area contributed by atoms with Crippen molar-refractivity contribution in [1.82, 2.24) is 0 Å². The fraction of sp³-hybridized carbons (Fsp3) is 0.0833. The highest BCUT2D eigenvalue weighted by Gasteiger charge is 2.22. The van der Waals surface area contributed by atoms with Gasteiger partial charge in [-0.25, -0.2) is 0 Å². The molecule has 2 heteroatoms. The van der Waals surface area contributed by atoms with Gasteiger partial charge in [0.2, 0.25) is 0 Å². The minimum Gasteiger partial charge on any atom is -0.0676 e. The number of rotatable bonds is 1. The average molecular weight is 217 g/mol. The quantitative estimate of drug-likeness (QED) is 0.619. The Kier molecular flexibility index (Phi) is 1.96. The van der Waals surface area contributed by atoms with Gasteiger partial charge in [0, 0.05) is 0 Å². The van der Waals surface area contributed by atoms with Crippen LogP contribution < -0.4 is 0 Å². The van der Waals surface area contributed by atoms with Crippen LogP contribution in [0.25, 0.3) is 9.40 Å². The van der Waals surface area contributed by atoms with E-state index in [-0.39, 0.29) is 0 Å². The zero-order valence-electron chi connectivity index (χ0n) is 7.51. The molecule has 1 aromatic heterocycles. The van der Waals surface area contributed by atoms with Gasteiger partial charge in [0.05, 0.1) is 28.6 Å². The molecule has 3 rings (SSSR count). The van der Waals surface area contributed by atoms with Crippen LogP contribution in [0, 0.1) is 0 Å². The molecule has 1 aliphatic rings. The van der Waals surface area contributed by atoms with Crippen LogP contribution in [0.3, 0.4) is 0 Å². The van der Waals surface area contributed by atoms with E-state index in [1.807, 2.05) is 22.7 Å². The van der Waals surface area contributed by atoms with Crippen LogP contribution in [-0.2, 0) is 0 Å². The van der Waals surface area contributed by atoms with Crippen molar-refractivity contribution in [3.63, 3.8) is 0 Å². The van der Waals surface area contributed by atoms with Gasteiger partial charge in [0.25, 0.3) is 4.19 Å². The van der Waals surface area contributed by atoms with Gasteiger partial charge in [-0.15, -0.1) is 0 Å². The minimum atomic E-state index is 0.525.